The first-order valence-corrected chi connectivity index (χ1v) is 10.8. The number of carbonyl (C=O) groups excluding carboxylic acids is 2. The van der Waals surface area contributed by atoms with E-state index in [1.54, 1.807) is 6.08 Å². The third-order valence-electron chi connectivity index (χ3n) is 4.02. The summed E-state index contributed by atoms with van der Waals surface area (Å²) in [6.07, 6.45) is 2.98. The number of hydrogen-bond acceptors (Lipinski definition) is 6. The number of halogens is 1. The molecule has 2 atom stereocenters. The molecule has 27 heavy (non-hydrogen) atoms. The van der Waals surface area contributed by atoms with Crippen LogP contribution in [0.1, 0.15) is 12.5 Å². The molecule has 1 aromatic carbocycles. The van der Waals surface area contributed by atoms with Crippen molar-refractivity contribution in [2.45, 2.75) is 19.0 Å². The van der Waals surface area contributed by atoms with E-state index < -0.39 is 33.7 Å². The summed E-state index contributed by atoms with van der Waals surface area (Å²) < 4.78 is 36.1. The third kappa shape index (κ3) is 4.45. The highest BCUT2D eigenvalue weighted by Gasteiger charge is 2.39. The van der Waals surface area contributed by atoms with Crippen molar-refractivity contribution in [3.05, 3.63) is 52.0 Å². The molecule has 1 N–H and O–H groups in total. The van der Waals surface area contributed by atoms with Crippen LogP contribution < -0.4 is 5.32 Å². The van der Waals surface area contributed by atoms with Gasteiger partial charge in [0.15, 0.2) is 9.84 Å². The maximum Gasteiger partial charge on any atom is 0.266 e. The SMILES string of the molecule is CC(C(=O)NC1C=CS(=O)(=O)C1)N1C(=O)C(=Cc2ccc(F)cc2)SC1=S. The molecular weight excluding hydrogens is 411 g/mol. The number of rotatable bonds is 4. The van der Waals surface area contributed by atoms with Crippen molar-refractivity contribution in [1.82, 2.24) is 10.2 Å². The fourth-order valence-corrected chi connectivity index (χ4v) is 5.26. The van der Waals surface area contributed by atoms with Crippen LogP contribution in [0.3, 0.4) is 0 Å². The van der Waals surface area contributed by atoms with E-state index in [0.29, 0.717) is 10.5 Å². The molecule has 2 aliphatic rings. The topological polar surface area (TPSA) is 83.6 Å². The Kier molecular flexibility index (Phi) is 5.50. The zero-order valence-electron chi connectivity index (χ0n) is 14.1. The summed E-state index contributed by atoms with van der Waals surface area (Å²) >= 11 is 6.28. The van der Waals surface area contributed by atoms with Crippen molar-refractivity contribution in [1.29, 1.82) is 0 Å². The number of carbonyl (C=O) groups is 2. The molecule has 0 bridgehead atoms. The Morgan fingerprint density at radius 2 is 2.07 bits per heavy atom. The quantitative estimate of drug-likeness (QED) is 0.584. The van der Waals surface area contributed by atoms with E-state index >= 15 is 0 Å². The smallest absolute Gasteiger partial charge is 0.266 e. The molecule has 3 rings (SSSR count). The van der Waals surface area contributed by atoms with Gasteiger partial charge in [-0.25, -0.2) is 12.8 Å². The minimum Gasteiger partial charge on any atom is -0.347 e. The molecule has 0 aliphatic carbocycles. The lowest BCUT2D eigenvalue weighted by molar-refractivity contribution is -0.132. The average molecular weight is 427 g/mol. The van der Waals surface area contributed by atoms with Gasteiger partial charge in [0.1, 0.15) is 16.2 Å². The standard InChI is InChI=1S/C17H15FN2O4S3/c1-10(15(21)19-13-6-7-27(23,24)9-13)20-16(22)14(26-17(20)25)8-11-2-4-12(18)5-3-11/h2-8,10,13H,9H2,1H3,(H,19,21). The molecule has 1 saturated heterocycles. The molecule has 10 heteroatoms. The van der Waals surface area contributed by atoms with Crippen LogP contribution in [0.5, 0.6) is 0 Å². The van der Waals surface area contributed by atoms with Gasteiger partial charge in [0, 0.05) is 5.41 Å². The maximum atomic E-state index is 13.0. The Balaban J connectivity index is 1.71. The van der Waals surface area contributed by atoms with Crippen LogP contribution in [-0.4, -0.2) is 47.3 Å². The first kappa shape index (κ1) is 19.7. The lowest BCUT2D eigenvalue weighted by Gasteiger charge is -2.23. The van der Waals surface area contributed by atoms with E-state index in [1.165, 1.54) is 42.2 Å². The number of sulfone groups is 1. The van der Waals surface area contributed by atoms with Crippen LogP contribution in [-0.2, 0) is 19.4 Å². The van der Waals surface area contributed by atoms with Crippen LogP contribution in [0.15, 0.2) is 40.7 Å². The molecule has 1 fully saturated rings. The molecule has 0 aromatic heterocycles. The Morgan fingerprint density at radius 1 is 1.41 bits per heavy atom. The Bertz CT molecular complexity index is 970. The molecule has 1 aromatic rings. The Hall–Kier alpha value is -2.04. The molecule has 2 heterocycles. The number of benzene rings is 1. The summed E-state index contributed by atoms with van der Waals surface area (Å²) in [5.74, 6) is -1.51. The van der Waals surface area contributed by atoms with E-state index in [4.69, 9.17) is 12.2 Å². The van der Waals surface area contributed by atoms with Gasteiger partial charge in [-0.3, -0.25) is 14.5 Å². The number of hydrogen-bond donors (Lipinski definition) is 1. The fourth-order valence-electron chi connectivity index (χ4n) is 2.61. The van der Waals surface area contributed by atoms with E-state index in [9.17, 15) is 22.4 Å². The monoisotopic (exact) mass is 426 g/mol. The molecular formula is C17H15FN2O4S3. The molecule has 0 saturated carbocycles. The van der Waals surface area contributed by atoms with Gasteiger partial charge in [0.2, 0.25) is 5.91 Å². The van der Waals surface area contributed by atoms with Gasteiger partial charge in [0.05, 0.1) is 16.7 Å². The molecule has 2 amide bonds. The number of nitrogens with one attached hydrogen (secondary N) is 1. The van der Waals surface area contributed by atoms with Gasteiger partial charge in [-0.1, -0.05) is 36.1 Å². The summed E-state index contributed by atoms with van der Waals surface area (Å²) in [7, 11) is -3.30. The largest absolute Gasteiger partial charge is 0.347 e. The van der Waals surface area contributed by atoms with E-state index in [2.05, 4.69) is 5.32 Å². The first-order chi connectivity index (χ1) is 12.7. The summed E-state index contributed by atoms with van der Waals surface area (Å²) in [5.41, 5.74) is 0.635. The lowest BCUT2D eigenvalue weighted by atomic mass is 10.2. The maximum absolute atomic E-state index is 13.0. The normalized spacial score (nSPS) is 23.9. The van der Waals surface area contributed by atoms with Crippen LogP contribution in [0.25, 0.3) is 6.08 Å². The van der Waals surface area contributed by atoms with Gasteiger partial charge in [-0.05, 0) is 36.8 Å². The van der Waals surface area contributed by atoms with Crippen LogP contribution >= 0.6 is 24.0 Å². The zero-order chi connectivity index (χ0) is 19.8. The van der Waals surface area contributed by atoms with Crippen molar-refractivity contribution in [3.8, 4) is 0 Å². The Morgan fingerprint density at radius 3 is 2.67 bits per heavy atom. The van der Waals surface area contributed by atoms with E-state index in [-0.39, 0.29) is 15.9 Å². The fraction of sp³-hybridized carbons (Fsp3) is 0.235. The second kappa shape index (κ2) is 7.53. The number of thioether (sulfide) groups is 1. The minimum absolute atomic E-state index is 0.200. The highest BCUT2D eigenvalue weighted by Crippen LogP contribution is 2.34. The average Bonchev–Trinajstić information content (AvgIpc) is 3.07. The molecule has 0 radical (unpaired) electrons. The highest BCUT2D eigenvalue weighted by molar-refractivity contribution is 8.26. The second-order valence-corrected chi connectivity index (χ2v) is 9.66. The summed E-state index contributed by atoms with van der Waals surface area (Å²) in [6, 6.07) is 4.11. The number of thiocarbonyl (C=S) groups is 1. The van der Waals surface area contributed by atoms with Crippen LogP contribution in [0.4, 0.5) is 4.39 Å². The van der Waals surface area contributed by atoms with Gasteiger partial charge < -0.3 is 5.32 Å². The van der Waals surface area contributed by atoms with Crippen molar-refractivity contribution in [2.75, 3.05) is 5.75 Å². The number of nitrogens with zero attached hydrogens (tertiary/aromatic N) is 1. The van der Waals surface area contributed by atoms with Crippen molar-refractivity contribution in [2.24, 2.45) is 0 Å². The van der Waals surface area contributed by atoms with E-state index in [1.807, 2.05) is 0 Å². The second-order valence-electron chi connectivity index (χ2n) is 6.05. The zero-order valence-corrected chi connectivity index (χ0v) is 16.5. The van der Waals surface area contributed by atoms with Crippen molar-refractivity contribution < 1.29 is 22.4 Å². The van der Waals surface area contributed by atoms with Crippen LogP contribution in [0, 0.1) is 5.82 Å². The van der Waals surface area contributed by atoms with E-state index in [0.717, 1.165) is 17.2 Å². The van der Waals surface area contributed by atoms with Gasteiger partial charge >= 0.3 is 0 Å². The molecule has 142 valence electrons. The van der Waals surface area contributed by atoms with Gasteiger partial charge in [-0.15, -0.1) is 0 Å². The molecule has 0 spiro atoms. The van der Waals surface area contributed by atoms with Gasteiger partial charge in [-0.2, -0.15) is 0 Å². The highest BCUT2D eigenvalue weighted by atomic mass is 32.2. The predicted molar refractivity (Wildman–Crippen MR) is 106 cm³/mol. The lowest BCUT2D eigenvalue weighted by Crippen LogP contribution is -2.49. The summed E-state index contributed by atoms with van der Waals surface area (Å²) in [5, 5.41) is 3.66. The Labute approximate surface area is 165 Å². The van der Waals surface area contributed by atoms with Crippen molar-refractivity contribution >= 4 is 56.0 Å². The molecule has 2 aliphatic heterocycles. The summed E-state index contributed by atoms with van der Waals surface area (Å²) in [4.78, 5) is 26.6. The predicted octanol–water partition coefficient (Wildman–Crippen LogP) is 1.84. The first-order valence-electron chi connectivity index (χ1n) is 7.90. The number of amides is 2. The minimum atomic E-state index is -3.30. The summed E-state index contributed by atoms with van der Waals surface area (Å²) in [6.45, 7) is 1.52. The van der Waals surface area contributed by atoms with Gasteiger partial charge in [0.25, 0.3) is 5.91 Å². The van der Waals surface area contributed by atoms with Crippen LogP contribution in [0.2, 0.25) is 0 Å². The molecule has 6 nitrogen and oxygen atoms in total. The third-order valence-corrected chi connectivity index (χ3v) is 6.74. The molecule has 2 unspecified atom stereocenters. The van der Waals surface area contributed by atoms with Crippen molar-refractivity contribution in [3.63, 3.8) is 0 Å².